The number of nitrogens with zero attached hydrogens (tertiary/aromatic N) is 2. The maximum Gasteiger partial charge on any atom is 0.134 e. The number of rotatable bonds is 3. The molecule has 0 radical (unpaired) electrons. The van der Waals surface area contributed by atoms with E-state index in [1.165, 1.54) is 12.8 Å². The third-order valence-electron chi connectivity index (χ3n) is 3.09. The van der Waals surface area contributed by atoms with E-state index in [0.717, 1.165) is 27.9 Å². The second-order valence-electron chi connectivity index (χ2n) is 4.50. The van der Waals surface area contributed by atoms with E-state index in [0.29, 0.717) is 5.92 Å². The topological polar surface area (TPSA) is 37.8 Å². The lowest BCUT2D eigenvalue weighted by Crippen LogP contribution is -2.00. The van der Waals surface area contributed by atoms with Crippen molar-refractivity contribution in [3.05, 3.63) is 41.2 Å². The van der Waals surface area contributed by atoms with Crippen LogP contribution in [-0.4, -0.2) is 17.0 Å². The molecule has 0 saturated heterocycles. The molecule has 4 heteroatoms. The van der Waals surface area contributed by atoms with Gasteiger partial charge in [0.1, 0.15) is 11.6 Å². The standard InChI is InChI=1S/C14H14ClN3/c1-16-13-8-12(10-4-2-3-5-11(10)15)17-14(18-13)9-6-7-9/h2-5,8-9H,6-7H2,1H3,(H,16,17,18). The van der Waals surface area contributed by atoms with Crippen LogP contribution in [0.15, 0.2) is 30.3 Å². The van der Waals surface area contributed by atoms with E-state index in [1.54, 1.807) is 0 Å². The van der Waals surface area contributed by atoms with Gasteiger partial charge in [-0.1, -0.05) is 29.8 Å². The lowest BCUT2D eigenvalue weighted by Gasteiger charge is -2.08. The molecular formula is C14H14ClN3. The Hall–Kier alpha value is -1.61. The van der Waals surface area contributed by atoms with E-state index >= 15 is 0 Å². The second kappa shape index (κ2) is 4.58. The molecule has 1 saturated carbocycles. The fraction of sp³-hybridized carbons (Fsp3) is 0.286. The number of halogens is 1. The average molecular weight is 260 g/mol. The monoisotopic (exact) mass is 259 g/mol. The van der Waals surface area contributed by atoms with Gasteiger partial charge in [-0.15, -0.1) is 0 Å². The highest BCUT2D eigenvalue weighted by Crippen LogP contribution is 2.39. The summed E-state index contributed by atoms with van der Waals surface area (Å²) in [5.74, 6) is 2.30. The van der Waals surface area contributed by atoms with E-state index in [2.05, 4.69) is 15.3 Å². The number of nitrogens with one attached hydrogen (secondary N) is 1. The predicted octanol–water partition coefficient (Wildman–Crippen LogP) is 3.72. The van der Waals surface area contributed by atoms with Gasteiger partial charge in [-0.05, 0) is 18.9 Å². The summed E-state index contributed by atoms with van der Waals surface area (Å²) in [5, 5.41) is 3.81. The molecule has 0 bridgehead atoms. The number of benzene rings is 1. The van der Waals surface area contributed by atoms with Gasteiger partial charge in [0.2, 0.25) is 0 Å². The molecule has 0 amide bonds. The fourth-order valence-corrected chi connectivity index (χ4v) is 2.16. The second-order valence-corrected chi connectivity index (χ2v) is 4.91. The molecule has 2 aromatic rings. The van der Waals surface area contributed by atoms with Gasteiger partial charge in [-0.25, -0.2) is 9.97 Å². The molecule has 0 spiro atoms. The maximum absolute atomic E-state index is 6.22. The Balaban J connectivity index is 2.10. The van der Waals surface area contributed by atoms with Crippen molar-refractivity contribution in [1.29, 1.82) is 0 Å². The van der Waals surface area contributed by atoms with E-state index in [9.17, 15) is 0 Å². The fourth-order valence-electron chi connectivity index (χ4n) is 1.92. The molecule has 1 aliphatic carbocycles. The quantitative estimate of drug-likeness (QED) is 0.913. The van der Waals surface area contributed by atoms with Crippen molar-refractivity contribution < 1.29 is 0 Å². The molecule has 1 N–H and O–H groups in total. The molecule has 1 aromatic carbocycles. The van der Waals surface area contributed by atoms with Gasteiger partial charge >= 0.3 is 0 Å². The van der Waals surface area contributed by atoms with E-state index < -0.39 is 0 Å². The number of hydrogen-bond acceptors (Lipinski definition) is 3. The van der Waals surface area contributed by atoms with Crippen LogP contribution in [0.25, 0.3) is 11.3 Å². The predicted molar refractivity (Wildman–Crippen MR) is 74.0 cm³/mol. The maximum atomic E-state index is 6.22. The Morgan fingerprint density at radius 2 is 2.00 bits per heavy atom. The number of anilines is 1. The molecule has 92 valence electrons. The SMILES string of the molecule is CNc1cc(-c2ccccc2Cl)nc(C2CC2)n1. The van der Waals surface area contributed by atoms with Gasteiger partial charge in [0.15, 0.2) is 0 Å². The van der Waals surface area contributed by atoms with Crippen LogP contribution in [0, 0.1) is 0 Å². The summed E-state index contributed by atoms with van der Waals surface area (Å²) in [5.41, 5.74) is 1.85. The van der Waals surface area contributed by atoms with Crippen molar-refractivity contribution in [2.24, 2.45) is 0 Å². The molecule has 1 heterocycles. The van der Waals surface area contributed by atoms with Crippen LogP contribution in [0.5, 0.6) is 0 Å². The highest BCUT2D eigenvalue weighted by Gasteiger charge is 2.27. The Morgan fingerprint density at radius 3 is 2.67 bits per heavy atom. The van der Waals surface area contributed by atoms with E-state index in [-0.39, 0.29) is 0 Å². The van der Waals surface area contributed by atoms with Crippen LogP contribution in [0.4, 0.5) is 5.82 Å². The summed E-state index contributed by atoms with van der Waals surface area (Å²) >= 11 is 6.22. The lowest BCUT2D eigenvalue weighted by molar-refractivity contribution is 0.932. The third-order valence-corrected chi connectivity index (χ3v) is 3.42. The molecule has 0 atom stereocenters. The van der Waals surface area contributed by atoms with Crippen LogP contribution >= 0.6 is 11.6 Å². The van der Waals surface area contributed by atoms with Crippen molar-refractivity contribution in [2.75, 3.05) is 12.4 Å². The first kappa shape index (κ1) is 11.5. The van der Waals surface area contributed by atoms with Gasteiger partial charge in [-0.2, -0.15) is 0 Å². The van der Waals surface area contributed by atoms with Crippen LogP contribution in [0.3, 0.4) is 0 Å². The van der Waals surface area contributed by atoms with E-state index in [1.807, 2.05) is 37.4 Å². The Morgan fingerprint density at radius 1 is 1.22 bits per heavy atom. The molecule has 0 aliphatic heterocycles. The van der Waals surface area contributed by atoms with Gasteiger partial charge in [0, 0.05) is 29.6 Å². The Bertz CT molecular complexity index is 579. The van der Waals surface area contributed by atoms with Gasteiger partial charge in [0.05, 0.1) is 5.69 Å². The van der Waals surface area contributed by atoms with Gasteiger partial charge < -0.3 is 5.32 Å². The molecule has 3 rings (SSSR count). The largest absolute Gasteiger partial charge is 0.373 e. The molecular weight excluding hydrogens is 246 g/mol. The summed E-state index contributed by atoms with van der Waals surface area (Å²) in [6, 6.07) is 9.70. The Labute approximate surface area is 111 Å². The van der Waals surface area contributed by atoms with Crippen LogP contribution < -0.4 is 5.32 Å². The molecule has 0 unspecified atom stereocenters. The van der Waals surface area contributed by atoms with Gasteiger partial charge in [0.25, 0.3) is 0 Å². The first-order valence-electron chi connectivity index (χ1n) is 6.09. The van der Waals surface area contributed by atoms with Crippen LogP contribution in [-0.2, 0) is 0 Å². The van der Waals surface area contributed by atoms with Crippen molar-refractivity contribution in [3.63, 3.8) is 0 Å². The highest BCUT2D eigenvalue weighted by molar-refractivity contribution is 6.33. The van der Waals surface area contributed by atoms with Crippen LogP contribution in [0.2, 0.25) is 5.02 Å². The summed E-state index contributed by atoms with van der Waals surface area (Å²) in [7, 11) is 1.87. The van der Waals surface area contributed by atoms with Crippen molar-refractivity contribution in [2.45, 2.75) is 18.8 Å². The number of aromatic nitrogens is 2. The number of hydrogen-bond donors (Lipinski definition) is 1. The van der Waals surface area contributed by atoms with Gasteiger partial charge in [-0.3, -0.25) is 0 Å². The minimum atomic E-state index is 0.527. The first-order valence-corrected chi connectivity index (χ1v) is 6.47. The van der Waals surface area contributed by atoms with Crippen molar-refractivity contribution in [3.8, 4) is 11.3 Å². The molecule has 18 heavy (non-hydrogen) atoms. The lowest BCUT2D eigenvalue weighted by atomic mass is 10.1. The average Bonchev–Trinajstić information content (AvgIpc) is 3.23. The summed E-state index contributed by atoms with van der Waals surface area (Å²) in [6.07, 6.45) is 2.38. The summed E-state index contributed by atoms with van der Waals surface area (Å²) < 4.78 is 0. The molecule has 1 fully saturated rings. The minimum Gasteiger partial charge on any atom is -0.373 e. The van der Waals surface area contributed by atoms with E-state index in [4.69, 9.17) is 11.6 Å². The minimum absolute atomic E-state index is 0.527. The van der Waals surface area contributed by atoms with Crippen molar-refractivity contribution in [1.82, 2.24) is 9.97 Å². The molecule has 1 aliphatic rings. The van der Waals surface area contributed by atoms with Crippen molar-refractivity contribution >= 4 is 17.4 Å². The zero-order valence-electron chi connectivity index (χ0n) is 10.2. The van der Waals surface area contributed by atoms with Crippen LogP contribution in [0.1, 0.15) is 24.6 Å². The smallest absolute Gasteiger partial charge is 0.134 e. The first-order chi connectivity index (χ1) is 8.78. The summed E-state index contributed by atoms with van der Waals surface area (Å²) in [4.78, 5) is 9.14. The molecule has 1 aromatic heterocycles. The summed E-state index contributed by atoms with van der Waals surface area (Å²) in [6.45, 7) is 0. The normalized spacial score (nSPS) is 14.6. The third kappa shape index (κ3) is 2.18. The zero-order valence-corrected chi connectivity index (χ0v) is 10.9. The zero-order chi connectivity index (χ0) is 12.5. The Kier molecular flexibility index (Phi) is 2.92. The molecule has 3 nitrogen and oxygen atoms in total. The highest BCUT2D eigenvalue weighted by atomic mass is 35.5.